The summed E-state index contributed by atoms with van der Waals surface area (Å²) < 4.78 is 1.98. The predicted molar refractivity (Wildman–Crippen MR) is 129 cm³/mol. The molecule has 2 fully saturated rings. The molecule has 0 N–H and O–H groups in total. The molecule has 1 aliphatic heterocycles. The van der Waals surface area contributed by atoms with E-state index in [9.17, 15) is 4.79 Å². The van der Waals surface area contributed by atoms with E-state index in [4.69, 9.17) is 21.7 Å². The lowest BCUT2D eigenvalue weighted by molar-refractivity contribution is 0.0748. The number of amides is 1. The smallest absolute Gasteiger partial charge is 0.254 e. The number of nitrogens with zero attached hydrogens (tertiary/aromatic N) is 5. The van der Waals surface area contributed by atoms with Crippen molar-refractivity contribution >= 4 is 34.2 Å². The van der Waals surface area contributed by atoms with Crippen LogP contribution in [0.4, 0.5) is 5.69 Å². The number of piperazine rings is 1. The SMILES string of the molecule is Cc1nn(C(C)(C)C)c2nc(C3CC3)cc(C(=O)N3CCN(c4ccccc4Cl)CC3)c12. The summed E-state index contributed by atoms with van der Waals surface area (Å²) in [5.41, 5.74) is 4.30. The van der Waals surface area contributed by atoms with Crippen molar-refractivity contribution < 1.29 is 4.79 Å². The maximum Gasteiger partial charge on any atom is 0.254 e. The molecule has 5 rings (SSSR count). The Bertz CT molecular complexity index is 1180. The van der Waals surface area contributed by atoms with E-state index in [0.717, 1.165) is 64.6 Å². The average molecular weight is 452 g/mol. The molecule has 3 aromatic rings. The number of anilines is 1. The van der Waals surface area contributed by atoms with E-state index in [0.29, 0.717) is 19.0 Å². The van der Waals surface area contributed by atoms with Crippen LogP contribution in [0.25, 0.3) is 11.0 Å². The van der Waals surface area contributed by atoms with Crippen molar-refractivity contribution in [1.82, 2.24) is 19.7 Å². The molecule has 3 heterocycles. The van der Waals surface area contributed by atoms with Crippen molar-refractivity contribution in [3.63, 3.8) is 0 Å². The Hall–Kier alpha value is -2.60. The van der Waals surface area contributed by atoms with Crippen LogP contribution in [0.3, 0.4) is 0 Å². The first-order chi connectivity index (χ1) is 15.2. The van der Waals surface area contributed by atoms with Crippen molar-refractivity contribution in [3.8, 4) is 0 Å². The molecule has 1 saturated carbocycles. The van der Waals surface area contributed by atoms with Gasteiger partial charge in [0.1, 0.15) is 0 Å². The molecular weight excluding hydrogens is 422 g/mol. The van der Waals surface area contributed by atoms with Crippen LogP contribution < -0.4 is 4.90 Å². The Morgan fingerprint density at radius 1 is 1.09 bits per heavy atom. The lowest BCUT2D eigenvalue weighted by atomic mass is 10.0. The summed E-state index contributed by atoms with van der Waals surface area (Å²) in [6.45, 7) is 11.2. The lowest BCUT2D eigenvalue weighted by Gasteiger charge is -2.36. The highest BCUT2D eigenvalue weighted by molar-refractivity contribution is 6.33. The minimum absolute atomic E-state index is 0.0784. The highest BCUT2D eigenvalue weighted by Gasteiger charge is 2.32. The zero-order chi connectivity index (χ0) is 22.6. The Morgan fingerprint density at radius 3 is 2.41 bits per heavy atom. The molecule has 1 saturated heterocycles. The van der Waals surface area contributed by atoms with E-state index in [-0.39, 0.29) is 11.4 Å². The normalized spacial score (nSPS) is 17.3. The summed E-state index contributed by atoms with van der Waals surface area (Å²) >= 11 is 6.39. The van der Waals surface area contributed by atoms with Gasteiger partial charge in [0.2, 0.25) is 0 Å². The van der Waals surface area contributed by atoms with Gasteiger partial charge in [-0.05, 0) is 58.7 Å². The molecule has 1 aliphatic carbocycles. The van der Waals surface area contributed by atoms with E-state index in [1.165, 1.54) is 0 Å². The van der Waals surface area contributed by atoms with Gasteiger partial charge in [0.25, 0.3) is 5.91 Å². The third-order valence-corrected chi connectivity index (χ3v) is 6.77. The lowest BCUT2D eigenvalue weighted by Crippen LogP contribution is -2.49. The van der Waals surface area contributed by atoms with Gasteiger partial charge in [0.05, 0.1) is 32.9 Å². The van der Waals surface area contributed by atoms with Crippen LogP contribution in [0.15, 0.2) is 30.3 Å². The first kappa shape index (κ1) is 21.3. The van der Waals surface area contributed by atoms with Crippen LogP contribution in [0.5, 0.6) is 0 Å². The Labute approximate surface area is 194 Å². The van der Waals surface area contributed by atoms with Crippen molar-refractivity contribution in [2.24, 2.45) is 0 Å². The van der Waals surface area contributed by atoms with Gasteiger partial charge >= 0.3 is 0 Å². The molecular formula is C25H30ClN5O. The first-order valence-electron chi connectivity index (χ1n) is 11.4. The summed E-state index contributed by atoms with van der Waals surface area (Å²) in [6, 6.07) is 9.93. The van der Waals surface area contributed by atoms with Gasteiger partial charge in [-0.1, -0.05) is 23.7 Å². The van der Waals surface area contributed by atoms with Crippen LogP contribution in [-0.4, -0.2) is 51.8 Å². The summed E-state index contributed by atoms with van der Waals surface area (Å²) in [5, 5.41) is 6.44. The number of hydrogen-bond acceptors (Lipinski definition) is 4. The molecule has 0 spiro atoms. The van der Waals surface area contributed by atoms with Gasteiger partial charge in [0.15, 0.2) is 5.65 Å². The summed E-state index contributed by atoms with van der Waals surface area (Å²) in [6.07, 6.45) is 2.29. The van der Waals surface area contributed by atoms with E-state index in [2.05, 4.69) is 25.7 Å². The standard InChI is InChI=1S/C25H30ClN5O/c1-16-22-18(15-20(17-9-10-17)27-23(22)31(28-16)25(2,3)4)24(32)30-13-11-29(12-14-30)21-8-6-5-7-19(21)26/h5-8,15,17H,9-14H2,1-4H3. The Kier molecular flexibility index (Phi) is 5.16. The molecule has 7 heteroatoms. The number of carbonyl (C=O) groups excluding carboxylic acids is 1. The van der Waals surface area contributed by atoms with E-state index >= 15 is 0 Å². The summed E-state index contributed by atoms with van der Waals surface area (Å²) in [4.78, 5) is 22.9. The second kappa shape index (κ2) is 7.77. The van der Waals surface area contributed by atoms with Gasteiger partial charge in [-0.25, -0.2) is 9.67 Å². The molecule has 2 aromatic heterocycles. The topological polar surface area (TPSA) is 54.3 Å². The Balaban J connectivity index is 1.47. The number of aromatic nitrogens is 3. The van der Waals surface area contributed by atoms with Crippen LogP contribution >= 0.6 is 11.6 Å². The quantitative estimate of drug-likeness (QED) is 0.563. The van der Waals surface area contributed by atoms with Gasteiger partial charge in [-0.3, -0.25) is 4.79 Å². The fraction of sp³-hybridized carbons (Fsp3) is 0.480. The molecule has 0 radical (unpaired) electrons. The molecule has 0 atom stereocenters. The van der Waals surface area contributed by atoms with E-state index < -0.39 is 0 Å². The minimum Gasteiger partial charge on any atom is -0.367 e. The van der Waals surface area contributed by atoms with Crippen molar-refractivity contribution in [3.05, 3.63) is 52.3 Å². The Morgan fingerprint density at radius 2 is 1.78 bits per heavy atom. The zero-order valence-corrected chi connectivity index (χ0v) is 20.0. The van der Waals surface area contributed by atoms with E-state index in [1.807, 2.05) is 46.8 Å². The molecule has 0 bridgehead atoms. The maximum atomic E-state index is 13.7. The number of benzene rings is 1. The molecule has 1 aromatic carbocycles. The van der Waals surface area contributed by atoms with Gasteiger partial charge in [0, 0.05) is 37.8 Å². The van der Waals surface area contributed by atoms with Crippen LogP contribution in [-0.2, 0) is 5.54 Å². The number of para-hydroxylation sites is 1. The van der Waals surface area contributed by atoms with Crippen molar-refractivity contribution in [2.45, 2.75) is 52.0 Å². The molecule has 32 heavy (non-hydrogen) atoms. The number of hydrogen-bond donors (Lipinski definition) is 0. The average Bonchev–Trinajstić information content (AvgIpc) is 3.56. The number of fused-ring (bicyclic) bond motifs is 1. The molecule has 1 amide bonds. The van der Waals surface area contributed by atoms with Crippen LogP contribution in [0.2, 0.25) is 5.02 Å². The fourth-order valence-corrected chi connectivity index (χ4v) is 4.82. The minimum atomic E-state index is -0.206. The third-order valence-electron chi connectivity index (χ3n) is 6.45. The predicted octanol–water partition coefficient (Wildman–Crippen LogP) is 4.99. The molecule has 0 unspecified atom stereocenters. The largest absolute Gasteiger partial charge is 0.367 e. The van der Waals surface area contributed by atoms with E-state index in [1.54, 1.807) is 0 Å². The summed E-state index contributed by atoms with van der Waals surface area (Å²) in [5.74, 6) is 0.543. The van der Waals surface area contributed by atoms with Crippen LogP contribution in [0, 0.1) is 6.92 Å². The van der Waals surface area contributed by atoms with Gasteiger partial charge < -0.3 is 9.80 Å². The fourth-order valence-electron chi connectivity index (χ4n) is 4.56. The zero-order valence-electron chi connectivity index (χ0n) is 19.2. The van der Waals surface area contributed by atoms with Crippen molar-refractivity contribution in [2.75, 3.05) is 31.1 Å². The second-order valence-corrected chi connectivity index (χ2v) is 10.4. The highest BCUT2D eigenvalue weighted by atomic mass is 35.5. The highest BCUT2D eigenvalue weighted by Crippen LogP contribution is 2.41. The maximum absolute atomic E-state index is 13.7. The first-order valence-corrected chi connectivity index (χ1v) is 11.8. The van der Waals surface area contributed by atoms with Crippen molar-refractivity contribution in [1.29, 1.82) is 0 Å². The number of aryl methyl sites for hydroxylation is 1. The monoisotopic (exact) mass is 451 g/mol. The number of pyridine rings is 1. The number of rotatable bonds is 3. The third kappa shape index (κ3) is 3.75. The van der Waals surface area contributed by atoms with Crippen LogP contribution in [0.1, 0.15) is 61.3 Å². The molecule has 168 valence electrons. The summed E-state index contributed by atoms with van der Waals surface area (Å²) in [7, 11) is 0. The number of halogens is 1. The van der Waals surface area contributed by atoms with Gasteiger partial charge in [-0.15, -0.1) is 0 Å². The van der Waals surface area contributed by atoms with Gasteiger partial charge in [-0.2, -0.15) is 5.10 Å². The second-order valence-electron chi connectivity index (χ2n) is 9.97. The molecule has 2 aliphatic rings. The molecule has 6 nitrogen and oxygen atoms in total. The number of carbonyl (C=O) groups is 1.